The number of nitrogens with zero attached hydrogens (tertiary/aromatic N) is 2. The monoisotopic (exact) mass is 380 g/mol. The molecule has 1 aliphatic carbocycles. The number of allylic oxidation sites excluding steroid dienone is 1. The number of para-hydroxylation sites is 1. The third-order valence-electron chi connectivity index (χ3n) is 4.43. The molecule has 1 amide bonds. The molecule has 1 aliphatic rings. The average Bonchev–Trinajstić information content (AvgIpc) is 3.41. The second-order valence-electron chi connectivity index (χ2n) is 6.61. The molecule has 1 heterocycles. The standard InChI is InChI=1S/C20H20N4O4/c21-10-14(12-22-15-4-2-1-3-5-15)13-8-16(25)18(23-11-13)19(28)24-20(6-7-20)9-17(26)27/h1-5,8,10-12,25H,6-7,9,21H2,(H,24,28)(H,26,27)/b14-10+,22-12?. The van der Waals surface area contributed by atoms with E-state index in [-0.39, 0.29) is 17.9 Å². The Morgan fingerprint density at radius 1 is 1.29 bits per heavy atom. The SMILES string of the molecule is N/C=C(\C=Nc1ccccc1)c1cnc(C(=O)NC2(CC(=O)O)CC2)c(O)c1. The second-order valence-corrected chi connectivity index (χ2v) is 6.61. The van der Waals surface area contributed by atoms with Crippen LogP contribution >= 0.6 is 0 Å². The largest absolute Gasteiger partial charge is 0.505 e. The number of carboxylic acid groups (broad SMARTS) is 1. The Labute approximate surface area is 161 Å². The van der Waals surface area contributed by atoms with Crippen molar-refractivity contribution in [1.29, 1.82) is 0 Å². The maximum atomic E-state index is 12.4. The van der Waals surface area contributed by atoms with Crippen LogP contribution in [-0.4, -0.2) is 38.8 Å². The average molecular weight is 380 g/mol. The number of hydrogen-bond donors (Lipinski definition) is 4. The molecule has 0 bridgehead atoms. The number of aromatic hydroxyl groups is 1. The molecule has 0 saturated heterocycles. The van der Waals surface area contributed by atoms with Crippen molar-refractivity contribution in [2.45, 2.75) is 24.8 Å². The van der Waals surface area contributed by atoms with Crippen LogP contribution in [-0.2, 0) is 4.79 Å². The summed E-state index contributed by atoms with van der Waals surface area (Å²) in [5.41, 5.74) is 6.48. The van der Waals surface area contributed by atoms with E-state index >= 15 is 0 Å². The molecule has 0 aliphatic heterocycles. The number of carbonyl (C=O) groups excluding carboxylic acids is 1. The first-order valence-corrected chi connectivity index (χ1v) is 8.67. The Morgan fingerprint density at radius 3 is 2.57 bits per heavy atom. The zero-order chi connectivity index (χ0) is 20.1. The Morgan fingerprint density at radius 2 is 2.00 bits per heavy atom. The molecule has 0 spiro atoms. The summed E-state index contributed by atoms with van der Waals surface area (Å²) in [5, 5.41) is 21.8. The highest BCUT2D eigenvalue weighted by molar-refractivity contribution is 6.10. The second kappa shape index (κ2) is 7.91. The molecular formula is C20H20N4O4. The van der Waals surface area contributed by atoms with E-state index in [4.69, 9.17) is 10.8 Å². The molecular weight excluding hydrogens is 360 g/mol. The fourth-order valence-corrected chi connectivity index (χ4v) is 2.74. The highest BCUT2D eigenvalue weighted by atomic mass is 16.4. The van der Waals surface area contributed by atoms with E-state index < -0.39 is 17.4 Å². The topological polar surface area (TPSA) is 138 Å². The Balaban J connectivity index is 1.75. The molecule has 144 valence electrons. The molecule has 5 N–H and O–H groups in total. The lowest BCUT2D eigenvalue weighted by Crippen LogP contribution is -2.38. The van der Waals surface area contributed by atoms with Gasteiger partial charge in [0.05, 0.1) is 17.6 Å². The first-order chi connectivity index (χ1) is 13.4. The van der Waals surface area contributed by atoms with Gasteiger partial charge in [-0.25, -0.2) is 4.98 Å². The summed E-state index contributed by atoms with van der Waals surface area (Å²) in [5.74, 6) is -1.92. The Bertz CT molecular complexity index is 950. The smallest absolute Gasteiger partial charge is 0.305 e. The van der Waals surface area contributed by atoms with E-state index in [0.29, 0.717) is 24.0 Å². The molecule has 3 rings (SSSR count). The van der Waals surface area contributed by atoms with Crippen molar-refractivity contribution in [3.63, 3.8) is 0 Å². The van der Waals surface area contributed by atoms with Gasteiger partial charge in [0.2, 0.25) is 0 Å². The number of rotatable bonds is 7. The fourth-order valence-electron chi connectivity index (χ4n) is 2.74. The Kier molecular flexibility index (Phi) is 5.39. The molecule has 1 aromatic carbocycles. The number of aliphatic carboxylic acids is 1. The summed E-state index contributed by atoms with van der Waals surface area (Å²) in [6.07, 6.45) is 5.28. The van der Waals surface area contributed by atoms with Crippen molar-refractivity contribution in [1.82, 2.24) is 10.3 Å². The third-order valence-corrected chi connectivity index (χ3v) is 4.43. The van der Waals surface area contributed by atoms with E-state index in [0.717, 1.165) is 5.69 Å². The lowest BCUT2D eigenvalue weighted by atomic mass is 10.1. The summed E-state index contributed by atoms with van der Waals surface area (Å²) in [7, 11) is 0. The zero-order valence-electron chi connectivity index (χ0n) is 15.0. The highest BCUT2D eigenvalue weighted by Crippen LogP contribution is 2.39. The van der Waals surface area contributed by atoms with Gasteiger partial charge in [0.15, 0.2) is 5.69 Å². The zero-order valence-corrected chi connectivity index (χ0v) is 15.0. The maximum Gasteiger partial charge on any atom is 0.305 e. The quantitative estimate of drug-likeness (QED) is 0.544. The summed E-state index contributed by atoms with van der Waals surface area (Å²) < 4.78 is 0. The van der Waals surface area contributed by atoms with Gasteiger partial charge in [0, 0.05) is 29.7 Å². The highest BCUT2D eigenvalue weighted by Gasteiger charge is 2.46. The molecule has 2 aromatic rings. The number of aliphatic imine (C=N–C) groups is 1. The number of carbonyl (C=O) groups is 2. The maximum absolute atomic E-state index is 12.4. The minimum atomic E-state index is -0.985. The van der Waals surface area contributed by atoms with Crippen LogP contribution < -0.4 is 11.1 Å². The van der Waals surface area contributed by atoms with E-state index in [1.54, 1.807) is 0 Å². The van der Waals surface area contributed by atoms with Crippen molar-refractivity contribution in [2.24, 2.45) is 10.7 Å². The van der Waals surface area contributed by atoms with Gasteiger partial charge in [-0.1, -0.05) is 18.2 Å². The first-order valence-electron chi connectivity index (χ1n) is 8.67. The van der Waals surface area contributed by atoms with Crippen molar-refractivity contribution in [3.05, 3.63) is 60.1 Å². The van der Waals surface area contributed by atoms with E-state index in [1.165, 1.54) is 24.7 Å². The predicted molar refractivity (Wildman–Crippen MR) is 104 cm³/mol. The van der Waals surface area contributed by atoms with Crippen LogP contribution in [0.15, 0.2) is 53.8 Å². The van der Waals surface area contributed by atoms with Gasteiger partial charge >= 0.3 is 5.97 Å². The summed E-state index contributed by atoms with van der Waals surface area (Å²) in [4.78, 5) is 31.6. The number of amides is 1. The number of pyridine rings is 1. The fraction of sp³-hybridized carbons (Fsp3) is 0.200. The first kappa shape index (κ1) is 19.1. The molecule has 1 fully saturated rings. The van der Waals surface area contributed by atoms with Crippen LogP contribution in [0.5, 0.6) is 5.75 Å². The van der Waals surface area contributed by atoms with Crippen molar-refractivity contribution in [2.75, 3.05) is 0 Å². The van der Waals surface area contributed by atoms with Crippen LogP contribution in [0.1, 0.15) is 35.3 Å². The summed E-state index contributed by atoms with van der Waals surface area (Å²) >= 11 is 0. The van der Waals surface area contributed by atoms with Crippen LogP contribution in [0.25, 0.3) is 5.57 Å². The minimum absolute atomic E-state index is 0.159. The minimum Gasteiger partial charge on any atom is -0.505 e. The van der Waals surface area contributed by atoms with Crippen LogP contribution in [0.3, 0.4) is 0 Å². The van der Waals surface area contributed by atoms with Gasteiger partial charge in [-0.3, -0.25) is 14.6 Å². The van der Waals surface area contributed by atoms with E-state index in [9.17, 15) is 14.7 Å². The van der Waals surface area contributed by atoms with Crippen LogP contribution in [0.4, 0.5) is 5.69 Å². The normalized spacial score (nSPS) is 15.4. The lowest BCUT2D eigenvalue weighted by Gasteiger charge is -2.15. The van der Waals surface area contributed by atoms with Crippen LogP contribution in [0, 0.1) is 0 Å². The van der Waals surface area contributed by atoms with Crippen molar-refractivity contribution < 1.29 is 19.8 Å². The van der Waals surface area contributed by atoms with Gasteiger partial charge in [0.1, 0.15) is 5.75 Å². The van der Waals surface area contributed by atoms with Gasteiger partial charge in [-0.15, -0.1) is 0 Å². The van der Waals surface area contributed by atoms with Gasteiger partial charge in [0.25, 0.3) is 5.91 Å². The molecule has 28 heavy (non-hydrogen) atoms. The molecule has 0 radical (unpaired) electrons. The molecule has 8 nitrogen and oxygen atoms in total. The number of hydrogen-bond acceptors (Lipinski definition) is 6. The van der Waals surface area contributed by atoms with Gasteiger partial charge in [-0.05, 0) is 31.0 Å². The van der Waals surface area contributed by atoms with Gasteiger partial charge < -0.3 is 21.3 Å². The molecule has 0 atom stereocenters. The number of carboxylic acids is 1. The van der Waals surface area contributed by atoms with Crippen LogP contribution in [0.2, 0.25) is 0 Å². The van der Waals surface area contributed by atoms with Crippen molar-refractivity contribution >= 4 is 29.4 Å². The van der Waals surface area contributed by atoms with Gasteiger partial charge in [-0.2, -0.15) is 0 Å². The molecule has 1 saturated carbocycles. The lowest BCUT2D eigenvalue weighted by molar-refractivity contribution is -0.137. The number of nitrogens with one attached hydrogen (secondary N) is 1. The predicted octanol–water partition coefficient (Wildman–Crippen LogP) is 2.23. The number of nitrogens with two attached hydrogens (primary N) is 1. The third kappa shape index (κ3) is 4.53. The number of aromatic nitrogens is 1. The van der Waals surface area contributed by atoms with E-state index in [1.807, 2.05) is 30.3 Å². The molecule has 8 heteroatoms. The Hall–Kier alpha value is -3.68. The molecule has 0 unspecified atom stereocenters. The van der Waals surface area contributed by atoms with Crippen molar-refractivity contribution in [3.8, 4) is 5.75 Å². The summed E-state index contributed by atoms with van der Waals surface area (Å²) in [6, 6.07) is 10.6. The molecule has 1 aromatic heterocycles. The van der Waals surface area contributed by atoms with E-state index in [2.05, 4.69) is 15.3 Å². The number of benzene rings is 1. The summed E-state index contributed by atoms with van der Waals surface area (Å²) in [6.45, 7) is 0.